The number of hydrogen-bond donors (Lipinski definition) is 1. The van der Waals surface area contributed by atoms with Crippen LogP contribution in [0.1, 0.15) is 22.8 Å². The number of nitriles is 1. The number of nitrogens with zero attached hydrogens (tertiary/aromatic N) is 1. The molecule has 1 aromatic heterocycles. The summed E-state index contributed by atoms with van der Waals surface area (Å²) in [6.45, 7) is 0. The van der Waals surface area contributed by atoms with Gasteiger partial charge in [0, 0.05) is 22.2 Å². The zero-order chi connectivity index (χ0) is 7.84. The van der Waals surface area contributed by atoms with Gasteiger partial charge in [0.15, 0.2) is 0 Å². The summed E-state index contributed by atoms with van der Waals surface area (Å²) < 4.78 is 0. The molecule has 0 radical (unpaired) electrons. The molecule has 0 unspecified atom stereocenters. The minimum atomic E-state index is 0.347. The van der Waals surface area contributed by atoms with E-state index >= 15 is 0 Å². The van der Waals surface area contributed by atoms with Crippen LogP contribution in [0.3, 0.4) is 0 Å². The average molecular weight is 164 g/mol. The molecule has 3 heteroatoms. The Hall–Kier alpha value is -0.850. The molecule has 0 saturated heterocycles. The minimum Gasteiger partial charge on any atom is -0.327 e. The molecule has 0 amide bonds. The Morgan fingerprint density at radius 1 is 1.73 bits per heavy atom. The van der Waals surface area contributed by atoms with Crippen LogP contribution in [-0.4, -0.2) is 6.04 Å². The summed E-state index contributed by atoms with van der Waals surface area (Å²) in [5, 5.41) is 10.4. The summed E-state index contributed by atoms with van der Waals surface area (Å²) in [5.74, 6) is 0.544. The van der Waals surface area contributed by atoms with Crippen LogP contribution < -0.4 is 5.73 Å². The Morgan fingerprint density at radius 3 is 2.91 bits per heavy atom. The van der Waals surface area contributed by atoms with Crippen molar-refractivity contribution in [3.63, 3.8) is 0 Å². The summed E-state index contributed by atoms with van der Waals surface area (Å²) in [5.41, 5.74) is 6.44. The first kappa shape index (κ1) is 6.84. The fourth-order valence-electron chi connectivity index (χ4n) is 1.15. The van der Waals surface area contributed by atoms with Gasteiger partial charge < -0.3 is 5.73 Å². The van der Waals surface area contributed by atoms with Crippen molar-refractivity contribution in [2.24, 2.45) is 5.73 Å². The van der Waals surface area contributed by atoms with Crippen LogP contribution in [0.15, 0.2) is 11.4 Å². The first-order valence-corrected chi connectivity index (χ1v) is 4.43. The Morgan fingerprint density at radius 2 is 2.45 bits per heavy atom. The summed E-state index contributed by atoms with van der Waals surface area (Å²) in [4.78, 5) is 1.27. The maximum absolute atomic E-state index is 8.54. The van der Waals surface area contributed by atoms with Gasteiger partial charge in [-0.25, -0.2) is 0 Å². The maximum atomic E-state index is 8.54. The molecule has 1 aliphatic rings. The van der Waals surface area contributed by atoms with Crippen molar-refractivity contribution >= 4 is 11.3 Å². The third-order valence-electron chi connectivity index (χ3n) is 1.95. The van der Waals surface area contributed by atoms with Crippen LogP contribution in [0, 0.1) is 11.3 Å². The van der Waals surface area contributed by atoms with E-state index in [4.69, 9.17) is 11.0 Å². The van der Waals surface area contributed by atoms with E-state index < -0.39 is 0 Å². The van der Waals surface area contributed by atoms with Gasteiger partial charge >= 0.3 is 0 Å². The molecule has 2 atom stereocenters. The van der Waals surface area contributed by atoms with Crippen molar-refractivity contribution in [1.29, 1.82) is 5.26 Å². The van der Waals surface area contributed by atoms with E-state index in [1.807, 2.05) is 11.4 Å². The lowest BCUT2D eigenvalue weighted by Gasteiger charge is -1.86. The van der Waals surface area contributed by atoms with E-state index in [2.05, 4.69) is 6.07 Å². The lowest BCUT2D eigenvalue weighted by Crippen LogP contribution is -1.99. The van der Waals surface area contributed by atoms with Crippen molar-refractivity contribution in [3.8, 4) is 6.07 Å². The molecule has 1 saturated carbocycles. The predicted octanol–water partition coefficient (Wildman–Crippen LogP) is 1.43. The smallest absolute Gasteiger partial charge is 0.100 e. The van der Waals surface area contributed by atoms with Crippen LogP contribution in [0.2, 0.25) is 0 Å². The Balaban J connectivity index is 2.21. The first-order valence-electron chi connectivity index (χ1n) is 3.55. The SMILES string of the molecule is N#Cc1csc([C@@H]2C[C@H]2N)c1. The lowest BCUT2D eigenvalue weighted by atomic mass is 10.3. The van der Waals surface area contributed by atoms with Crippen molar-refractivity contribution < 1.29 is 0 Å². The highest BCUT2D eigenvalue weighted by atomic mass is 32.1. The van der Waals surface area contributed by atoms with E-state index in [0.29, 0.717) is 12.0 Å². The molecule has 1 aromatic rings. The highest BCUT2D eigenvalue weighted by molar-refractivity contribution is 7.10. The second-order valence-electron chi connectivity index (χ2n) is 2.86. The first-order chi connectivity index (χ1) is 5.31. The highest BCUT2D eigenvalue weighted by Crippen LogP contribution is 2.41. The summed E-state index contributed by atoms with van der Waals surface area (Å²) >= 11 is 1.65. The monoisotopic (exact) mass is 164 g/mol. The van der Waals surface area contributed by atoms with Gasteiger partial charge in [-0.05, 0) is 12.5 Å². The molecule has 0 spiro atoms. The molecule has 2 nitrogen and oxygen atoms in total. The molecule has 2 rings (SSSR count). The molecule has 1 heterocycles. The van der Waals surface area contributed by atoms with Gasteiger partial charge in [-0.15, -0.1) is 11.3 Å². The molecular formula is C8H8N2S. The Kier molecular flexibility index (Phi) is 1.45. The zero-order valence-electron chi connectivity index (χ0n) is 5.95. The molecule has 11 heavy (non-hydrogen) atoms. The van der Waals surface area contributed by atoms with Crippen LogP contribution in [0.25, 0.3) is 0 Å². The third kappa shape index (κ3) is 1.15. The number of rotatable bonds is 1. The van der Waals surface area contributed by atoms with Crippen molar-refractivity contribution in [1.82, 2.24) is 0 Å². The number of nitrogens with two attached hydrogens (primary N) is 1. The van der Waals surface area contributed by atoms with Crippen LogP contribution >= 0.6 is 11.3 Å². The van der Waals surface area contributed by atoms with Gasteiger partial charge in [-0.3, -0.25) is 0 Å². The highest BCUT2D eigenvalue weighted by Gasteiger charge is 2.35. The number of hydrogen-bond acceptors (Lipinski definition) is 3. The quantitative estimate of drug-likeness (QED) is 0.682. The fraction of sp³-hybridized carbons (Fsp3) is 0.375. The van der Waals surface area contributed by atoms with Crippen LogP contribution in [-0.2, 0) is 0 Å². The summed E-state index contributed by atoms with van der Waals surface area (Å²) in [7, 11) is 0. The Bertz CT molecular complexity index is 310. The van der Waals surface area contributed by atoms with E-state index in [1.165, 1.54) is 4.88 Å². The van der Waals surface area contributed by atoms with E-state index in [0.717, 1.165) is 12.0 Å². The third-order valence-corrected chi connectivity index (χ3v) is 3.02. The molecule has 0 aliphatic heterocycles. The van der Waals surface area contributed by atoms with E-state index in [9.17, 15) is 0 Å². The zero-order valence-corrected chi connectivity index (χ0v) is 6.77. The van der Waals surface area contributed by atoms with Gasteiger partial charge in [0.05, 0.1) is 5.56 Å². The largest absolute Gasteiger partial charge is 0.327 e. The van der Waals surface area contributed by atoms with Crippen molar-refractivity contribution in [3.05, 3.63) is 21.9 Å². The molecule has 1 fully saturated rings. The molecule has 0 bridgehead atoms. The van der Waals surface area contributed by atoms with Gasteiger partial charge in [0.2, 0.25) is 0 Å². The van der Waals surface area contributed by atoms with E-state index in [-0.39, 0.29) is 0 Å². The molecule has 0 aromatic carbocycles. The van der Waals surface area contributed by atoms with Gasteiger partial charge in [0.25, 0.3) is 0 Å². The normalized spacial score (nSPS) is 28.0. The fourth-order valence-corrected chi connectivity index (χ4v) is 2.17. The van der Waals surface area contributed by atoms with Gasteiger partial charge in [-0.2, -0.15) is 5.26 Å². The second-order valence-corrected chi connectivity index (χ2v) is 3.80. The second kappa shape index (κ2) is 2.33. The topological polar surface area (TPSA) is 49.8 Å². The molecule has 1 aliphatic carbocycles. The van der Waals surface area contributed by atoms with Crippen LogP contribution in [0.5, 0.6) is 0 Å². The molecule has 56 valence electrons. The molecule has 2 N–H and O–H groups in total. The standard InChI is InChI=1S/C8H8N2S/c9-3-5-1-8(11-4-5)6-2-7(6)10/h1,4,6-7H,2,10H2/t6-,7-/m1/s1. The Labute approximate surface area is 69.3 Å². The van der Waals surface area contributed by atoms with Gasteiger partial charge in [0.1, 0.15) is 6.07 Å². The molecular weight excluding hydrogens is 156 g/mol. The number of thiophene rings is 1. The lowest BCUT2D eigenvalue weighted by molar-refractivity contribution is 1.01. The summed E-state index contributed by atoms with van der Waals surface area (Å²) in [6, 6.07) is 4.41. The van der Waals surface area contributed by atoms with Crippen LogP contribution in [0.4, 0.5) is 0 Å². The predicted molar refractivity (Wildman–Crippen MR) is 44.4 cm³/mol. The van der Waals surface area contributed by atoms with Crippen molar-refractivity contribution in [2.75, 3.05) is 0 Å². The van der Waals surface area contributed by atoms with E-state index in [1.54, 1.807) is 11.3 Å². The summed E-state index contributed by atoms with van der Waals surface area (Å²) in [6.07, 6.45) is 1.09. The average Bonchev–Trinajstić information content (AvgIpc) is 2.59. The van der Waals surface area contributed by atoms with Crippen molar-refractivity contribution in [2.45, 2.75) is 18.4 Å². The van der Waals surface area contributed by atoms with Gasteiger partial charge in [-0.1, -0.05) is 0 Å². The minimum absolute atomic E-state index is 0.347. The maximum Gasteiger partial charge on any atom is 0.100 e.